The maximum absolute atomic E-state index is 12.1. The van der Waals surface area contributed by atoms with Crippen molar-refractivity contribution < 1.29 is 19.1 Å². The topological polar surface area (TPSA) is 64.6 Å². The van der Waals surface area contributed by atoms with Crippen LogP contribution >= 0.6 is 15.9 Å². The van der Waals surface area contributed by atoms with Crippen LogP contribution in [0.3, 0.4) is 0 Å². The van der Waals surface area contributed by atoms with Crippen molar-refractivity contribution >= 4 is 39.6 Å². The summed E-state index contributed by atoms with van der Waals surface area (Å²) in [6.45, 7) is 1.51. The Balaban J connectivity index is 1.90. The monoisotopic (exact) mass is 403 g/mol. The van der Waals surface area contributed by atoms with E-state index < -0.39 is 18.0 Å². The second-order valence-corrected chi connectivity index (χ2v) is 6.10. The summed E-state index contributed by atoms with van der Waals surface area (Å²) in [5.74, 6) is -0.384. The molecule has 0 fully saturated rings. The van der Waals surface area contributed by atoms with Crippen molar-refractivity contribution in [3.8, 4) is 5.75 Å². The van der Waals surface area contributed by atoms with Crippen LogP contribution in [0.15, 0.2) is 59.1 Å². The summed E-state index contributed by atoms with van der Waals surface area (Å²) >= 11 is 3.36. The van der Waals surface area contributed by atoms with Crippen molar-refractivity contribution in [1.29, 1.82) is 0 Å². The summed E-state index contributed by atoms with van der Waals surface area (Å²) in [4.78, 5) is 24.0. The first-order valence-corrected chi connectivity index (χ1v) is 8.36. The van der Waals surface area contributed by atoms with Gasteiger partial charge in [-0.2, -0.15) is 0 Å². The van der Waals surface area contributed by atoms with E-state index in [9.17, 15) is 9.59 Å². The Kier molecular flexibility index (Phi) is 6.77. The Labute approximate surface area is 154 Å². The van der Waals surface area contributed by atoms with Crippen molar-refractivity contribution in [2.24, 2.45) is 0 Å². The van der Waals surface area contributed by atoms with Gasteiger partial charge in [0.25, 0.3) is 5.91 Å². The second kappa shape index (κ2) is 9.03. The molecule has 1 N–H and O–H groups in total. The molecule has 2 aromatic carbocycles. The number of hydrogen-bond donors (Lipinski definition) is 1. The molecule has 0 aromatic heterocycles. The second-order valence-electron chi connectivity index (χ2n) is 5.19. The van der Waals surface area contributed by atoms with Gasteiger partial charge in [-0.15, -0.1) is 0 Å². The molecule has 0 aliphatic heterocycles. The van der Waals surface area contributed by atoms with Gasteiger partial charge in [0, 0.05) is 22.3 Å². The van der Waals surface area contributed by atoms with E-state index in [2.05, 4.69) is 21.2 Å². The number of ether oxygens (including phenoxy) is 2. The molecule has 25 heavy (non-hydrogen) atoms. The molecule has 5 nitrogen and oxygen atoms in total. The fraction of sp³-hybridized carbons (Fsp3) is 0.158. The standard InChI is InChI=1S/C19H18BrNO4/c1-13(19(23)21-16-7-4-8-17(12-16)24-2)25-18(22)10-9-14-5-3-6-15(20)11-14/h3-13H,1-2H3,(H,21,23)/b10-9+/t13-/m0/s1. The van der Waals surface area contributed by atoms with E-state index in [4.69, 9.17) is 9.47 Å². The molecular weight excluding hydrogens is 386 g/mol. The van der Waals surface area contributed by atoms with Crippen LogP contribution in [0.2, 0.25) is 0 Å². The number of methoxy groups -OCH3 is 1. The number of hydrogen-bond acceptors (Lipinski definition) is 4. The molecular formula is C19H18BrNO4. The first-order valence-electron chi connectivity index (χ1n) is 7.57. The SMILES string of the molecule is COc1cccc(NC(=O)[C@H](C)OC(=O)/C=C/c2cccc(Br)c2)c1. The lowest BCUT2D eigenvalue weighted by Gasteiger charge is -2.12. The zero-order valence-electron chi connectivity index (χ0n) is 13.9. The van der Waals surface area contributed by atoms with Gasteiger partial charge >= 0.3 is 5.97 Å². The smallest absolute Gasteiger partial charge is 0.331 e. The highest BCUT2D eigenvalue weighted by molar-refractivity contribution is 9.10. The molecule has 0 spiro atoms. The van der Waals surface area contributed by atoms with E-state index >= 15 is 0 Å². The molecule has 0 saturated carbocycles. The van der Waals surface area contributed by atoms with Crippen LogP contribution in [0.5, 0.6) is 5.75 Å². The average Bonchev–Trinajstić information content (AvgIpc) is 2.60. The molecule has 0 aliphatic carbocycles. The molecule has 1 amide bonds. The normalized spacial score (nSPS) is 11.8. The summed E-state index contributed by atoms with van der Waals surface area (Å²) in [5, 5.41) is 2.68. The predicted molar refractivity (Wildman–Crippen MR) is 100 cm³/mol. The van der Waals surface area contributed by atoms with Gasteiger partial charge in [-0.3, -0.25) is 4.79 Å². The van der Waals surface area contributed by atoms with Gasteiger partial charge in [0.1, 0.15) is 5.75 Å². The minimum Gasteiger partial charge on any atom is -0.497 e. The summed E-state index contributed by atoms with van der Waals surface area (Å²) in [5.41, 5.74) is 1.41. The van der Waals surface area contributed by atoms with Gasteiger partial charge in [0.2, 0.25) is 0 Å². The molecule has 2 rings (SSSR count). The summed E-state index contributed by atoms with van der Waals surface area (Å²) < 4.78 is 11.1. The minimum atomic E-state index is -0.925. The van der Waals surface area contributed by atoms with Crippen LogP contribution in [-0.4, -0.2) is 25.1 Å². The summed E-state index contributed by atoms with van der Waals surface area (Å²) in [6, 6.07) is 14.4. The number of rotatable bonds is 6. The van der Waals surface area contributed by atoms with Crippen LogP contribution in [0.1, 0.15) is 12.5 Å². The van der Waals surface area contributed by atoms with Crippen LogP contribution in [0.25, 0.3) is 6.08 Å². The summed E-state index contributed by atoms with van der Waals surface area (Å²) in [6.07, 6.45) is 1.99. The van der Waals surface area contributed by atoms with E-state index in [1.54, 1.807) is 37.5 Å². The number of carbonyl (C=O) groups excluding carboxylic acids is 2. The van der Waals surface area contributed by atoms with E-state index in [1.165, 1.54) is 13.0 Å². The molecule has 0 unspecified atom stereocenters. The van der Waals surface area contributed by atoms with Gasteiger partial charge < -0.3 is 14.8 Å². The van der Waals surface area contributed by atoms with Crippen LogP contribution in [0, 0.1) is 0 Å². The molecule has 0 heterocycles. The molecule has 1 atom stereocenters. The van der Waals surface area contributed by atoms with Crippen LogP contribution < -0.4 is 10.1 Å². The maximum Gasteiger partial charge on any atom is 0.331 e. The van der Waals surface area contributed by atoms with Crippen molar-refractivity contribution in [3.05, 3.63) is 64.6 Å². The first-order chi connectivity index (χ1) is 12.0. The van der Waals surface area contributed by atoms with Gasteiger partial charge in [0.05, 0.1) is 7.11 Å². The van der Waals surface area contributed by atoms with Crippen LogP contribution in [0.4, 0.5) is 5.69 Å². The van der Waals surface area contributed by atoms with Crippen molar-refractivity contribution in [2.45, 2.75) is 13.0 Å². The number of halogens is 1. The Hall–Kier alpha value is -2.60. The zero-order valence-corrected chi connectivity index (χ0v) is 15.4. The Bertz CT molecular complexity index is 788. The quantitative estimate of drug-likeness (QED) is 0.583. The largest absolute Gasteiger partial charge is 0.497 e. The fourth-order valence-electron chi connectivity index (χ4n) is 1.99. The number of anilines is 1. The number of esters is 1. The first kappa shape index (κ1) is 18.7. The Morgan fingerprint density at radius 2 is 1.92 bits per heavy atom. The maximum atomic E-state index is 12.1. The van der Waals surface area contributed by atoms with Crippen LogP contribution in [-0.2, 0) is 14.3 Å². The van der Waals surface area contributed by atoms with Gasteiger partial charge in [0.15, 0.2) is 6.10 Å². The molecule has 0 aliphatic rings. The average molecular weight is 404 g/mol. The van der Waals surface area contributed by atoms with E-state index in [0.29, 0.717) is 11.4 Å². The summed E-state index contributed by atoms with van der Waals surface area (Å²) in [7, 11) is 1.54. The third-order valence-electron chi connectivity index (χ3n) is 3.26. The molecule has 130 valence electrons. The van der Waals surface area contributed by atoms with Crippen molar-refractivity contribution in [1.82, 2.24) is 0 Å². The van der Waals surface area contributed by atoms with Gasteiger partial charge in [-0.05, 0) is 42.8 Å². The van der Waals surface area contributed by atoms with E-state index in [-0.39, 0.29) is 0 Å². The lowest BCUT2D eigenvalue weighted by Crippen LogP contribution is -2.29. The lowest BCUT2D eigenvalue weighted by molar-refractivity contribution is -0.148. The van der Waals surface area contributed by atoms with Gasteiger partial charge in [-0.1, -0.05) is 34.1 Å². The molecule has 2 aromatic rings. The van der Waals surface area contributed by atoms with E-state index in [1.807, 2.05) is 24.3 Å². The van der Waals surface area contributed by atoms with Gasteiger partial charge in [-0.25, -0.2) is 4.79 Å². The number of nitrogens with one attached hydrogen (secondary N) is 1. The fourth-order valence-corrected chi connectivity index (χ4v) is 2.40. The van der Waals surface area contributed by atoms with Crippen molar-refractivity contribution in [2.75, 3.05) is 12.4 Å². The molecule has 0 saturated heterocycles. The number of benzene rings is 2. The molecule has 0 bridgehead atoms. The number of amides is 1. The minimum absolute atomic E-state index is 0.419. The van der Waals surface area contributed by atoms with E-state index in [0.717, 1.165) is 10.0 Å². The third-order valence-corrected chi connectivity index (χ3v) is 3.75. The van der Waals surface area contributed by atoms with Crippen molar-refractivity contribution in [3.63, 3.8) is 0 Å². The lowest BCUT2D eigenvalue weighted by atomic mass is 10.2. The Morgan fingerprint density at radius 3 is 2.64 bits per heavy atom. The third kappa shape index (κ3) is 6.08. The Morgan fingerprint density at radius 1 is 1.16 bits per heavy atom. The molecule has 6 heteroatoms. The highest BCUT2D eigenvalue weighted by Crippen LogP contribution is 2.17. The highest BCUT2D eigenvalue weighted by Gasteiger charge is 2.16. The molecule has 0 radical (unpaired) electrons. The number of carbonyl (C=O) groups is 2. The zero-order chi connectivity index (χ0) is 18.2. The highest BCUT2D eigenvalue weighted by atomic mass is 79.9. The predicted octanol–water partition coefficient (Wildman–Crippen LogP) is 4.04.